The summed E-state index contributed by atoms with van der Waals surface area (Å²) in [5.41, 5.74) is 2.28. The number of benzene rings is 3. The van der Waals surface area contributed by atoms with Crippen LogP contribution in [0.3, 0.4) is 0 Å². The number of aryl methyl sites for hydroxylation is 1. The molecule has 0 saturated carbocycles. The lowest BCUT2D eigenvalue weighted by Gasteiger charge is -2.24. The van der Waals surface area contributed by atoms with Gasteiger partial charge in [0.2, 0.25) is 6.10 Å². The zero-order valence-corrected chi connectivity index (χ0v) is 15.8. The van der Waals surface area contributed by atoms with Gasteiger partial charge >= 0.3 is 5.97 Å². The van der Waals surface area contributed by atoms with Crippen LogP contribution >= 0.6 is 0 Å². The van der Waals surface area contributed by atoms with Crippen molar-refractivity contribution in [3.05, 3.63) is 83.9 Å². The highest BCUT2D eigenvalue weighted by Gasteiger charge is 2.29. The summed E-state index contributed by atoms with van der Waals surface area (Å²) in [5, 5.41) is 2.82. The van der Waals surface area contributed by atoms with Crippen LogP contribution in [-0.2, 0) is 4.79 Å². The highest BCUT2D eigenvalue weighted by Crippen LogP contribution is 2.31. The fourth-order valence-corrected chi connectivity index (χ4v) is 2.83. The fraction of sp³-hybridized carbons (Fsp3) is 0.130. The SMILES string of the molecule is Cc1ccc(NC(=O)c2ccc(OC(=O)C3COc4ccccc4O3)cc2)cc1. The van der Waals surface area contributed by atoms with Crippen LogP contribution in [0.4, 0.5) is 5.69 Å². The molecule has 0 aliphatic carbocycles. The molecule has 4 rings (SSSR count). The average molecular weight is 389 g/mol. The third-order valence-electron chi connectivity index (χ3n) is 4.42. The largest absolute Gasteiger partial charge is 0.485 e. The van der Waals surface area contributed by atoms with E-state index in [-0.39, 0.29) is 12.5 Å². The van der Waals surface area contributed by atoms with E-state index in [2.05, 4.69) is 5.32 Å². The first-order chi connectivity index (χ1) is 14.1. The number of fused-ring (bicyclic) bond motifs is 1. The van der Waals surface area contributed by atoms with Crippen molar-refractivity contribution in [1.82, 2.24) is 0 Å². The molecule has 3 aromatic carbocycles. The summed E-state index contributed by atoms with van der Waals surface area (Å²) >= 11 is 0. The smallest absolute Gasteiger partial charge is 0.356 e. The zero-order chi connectivity index (χ0) is 20.2. The number of ether oxygens (including phenoxy) is 3. The van der Waals surface area contributed by atoms with Crippen molar-refractivity contribution >= 4 is 17.6 Å². The van der Waals surface area contributed by atoms with Crippen LogP contribution in [0.5, 0.6) is 17.2 Å². The average Bonchev–Trinajstić information content (AvgIpc) is 2.75. The third-order valence-corrected chi connectivity index (χ3v) is 4.42. The molecule has 1 amide bonds. The minimum Gasteiger partial charge on any atom is -0.485 e. The number of amides is 1. The summed E-state index contributed by atoms with van der Waals surface area (Å²) in [6, 6.07) is 21.0. The Morgan fingerprint density at radius 1 is 0.931 bits per heavy atom. The maximum absolute atomic E-state index is 12.4. The van der Waals surface area contributed by atoms with Gasteiger partial charge in [0.1, 0.15) is 12.4 Å². The van der Waals surface area contributed by atoms with Crippen molar-refractivity contribution in [2.75, 3.05) is 11.9 Å². The first kappa shape index (κ1) is 18.6. The normalized spacial score (nSPS) is 14.7. The number of nitrogens with one attached hydrogen (secondary N) is 1. The van der Waals surface area contributed by atoms with Crippen LogP contribution in [-0.4, -0.2) is 24.6 Å². The molecule has 6 heteroatoms. The van der Waals surface area contributed by atoms with E-state index in [1.807, 2.05) is 37.3 Å². The lowest BCUT2D eigenvalue weighted by Crippen LogP contribution is -2.39. The molecule has 0 radical (unpaired) electrons. The van der Waals surface area contributed by atoms with Crippen molar-refractivity contribution in [3.63, 3.8) is 0 Å². The molecule has 146 valence electrons. The summed E-state index contributed by atoms with van der Waals surface area (Å²) in [7, 11) is 0. The Kier molecular flexibility index (Phi) is 5.16. The lowest BCUT2D eigenvalue weighted by atomic mass is 10.2. The molecule has 1 unspecified atom stereocenters. The van der Waals surface area contributed by atoms with Crippen LogP contribution in [0.15, 0.2) is 72.8 Å². The third kappa shape index (κ3) is 4.38. The minimum atomic E-state index is -0.852. The number of carbonyl (C=O) groups excluding carboxylic acids is 2. The molecule has 0 bridgehead atoms. The number of para-hydroxylation sites is 2. The zero-order valence-electron chi connectivity index (χ0n) is 15.8. The molecule has 3 aromatic rings. The number of anilines is 1. The van der Waals surface area contributed by atoms with E-state index in [0.29, 0.717) is 28.5 Å². The van der Waals surface area contributed by atoms with E-state index in [1.165, 1.54) is 0 Å². The molecule has 1 aliphatic rings. The maximum atomic E-state index is 12.4. The van der Waals surface area contributed by atoms with Crippen LogP contribution in [0.1, 0.15) is 15.9 Å². The van der Waals surface area contributed by atoms with Gasteiger partial charge in [-0.25, -0.2) is 4.79 Å². The topological polar surface area (TPSA) is 73.9 Å². The van der Waals surface area contributed by atoms with Crippen molar-refractivity contribution in [2.45, 2.75) is 13.0 Å². The molecule has 0 saturated heterocycles. The maximum Gasteiger partial charge on any atom is 0.356 e. The lowest BCUT2D eigenvalue weighted by molar-refractivity contribution is -0.144. The number of hydrogen-bond donors (Lipinski definition) is 1. The molecule has 6 nitrogen and oxygen atoms in total. The molecule has 0 spiro atoms. The van der Waals surface area contributed by atoms with Gasteiger partial charge in [-0.05, 0) is 55.5 Å². The van der Waals surface area contributed by atoms with Crippen molar-refractivity contribution in [2.24, 2.45) is 0 Å². The Morgan fingerprint density at radius 2 is 1.62 bits per heavy atom. The molecule has 1 aliphatic heterocycles. The van der Waals surface area contributed by atoms with Gasteiger partial charge in [0.15, 0.2) is 11.5 Å². The summed E-state index contributed by atoms with van der Waals surface area (Å²) in [5.74, 6) is 0.623. The predicted octanol–water partition coefficient (Wildman–Crippen LogP) is 3.99. The first-order valence-corrected chi connectivity index (χ1v) is 9.17. The Balaban J connectivity index is 1.36. The summed E-state index contributed by atoms with van der Waals surface area (Å²) < 4.78 is 16.5. The van der Waals surface area contributed by atoms with Gasteiger partial charge in [-0.2, -0.15) is 0 Å². The molecular formula is C23H19NO5. The number of carbonyl (C=O) groups is 2. The van der Waals surface area contributed by atoms with E-state index in [1.54, 1.807) is 42.5 Å². The number of rotatable bonds is 4. The van der Waals surface area contributed by atoms with Crippen molar-refractivity contribution in [3.8, 4) is 17.2 Å². The second-order valence-corrected chi connectivity index (χ2v) is 6.63. The fourth-order valence-electron chi connectivity index (χ4n) is 2.83. The predicted molar refractivity (Wildman–Crippen MR) is 108 cm³/mol. The van der Waals surface area contributed by atoms with E-state index in [9.17, 15) is 9.59 Å². The van der Waals surface area contributed by atoms with Gasteiger partial charge in [-0.1, -0.05) is 29.8 Å². The second-order valence-electron chi connectivity index (χ2n) is 6.63. The Bertz CT molecular complexity index is 1030. The van der Waals surface area contributed by atoms with Gasteiger partial charge in [-0.15, -0.1) is 0 Å². The van der Waals surface area contributed by atoms with Crippen LogP contribution in [0.25, 0.3) is 0 Å². The van der Waals surface area contributed by atoms with E-state index in [4.69, 9.17) is 14.2 Å². The second kappa shape index (κ2) is 8.06. The highest BCUT2D eigenvalue weighted by atomic mass is 16.6. The van der Waals surface area contributed by atoms with Crippen LogP contribution < -0.4 is 19.5 Å². The van der Waals surface area contributed by atoms with E-state index in [0.717, 1.165) is 5.56 Å². The van der Waals surface area contributed by atoms with Crippen molar-refractivity contribution in [1.29, 1.82) is 0 Å². The van der Waals surface area contributed by atoms with Crippen molar-refractivity contribution < 1.29 is 23.8 Å². The van der Waals surface area contributed by atoms with Gasteiger partial charge in [0, 0.05) is 11.3 Å². The van der Waals surface area contributed by atoms with Gasteiger partial charge in [-0.3, -0.25) is 4.79 Å². The molecule has 0 fully saturated rings. The van der Waals surface area contributed by atoms with Crippen LogP contribution in [0.2, 0.25) is 0 Å². The quantitative estimate of drug-likeness (QED) is 0.539. The van der Waals surface area contributed by atoms with Gasteiger partial charge in [0.05, 0.1) is 0 Å². The van der Waals surface area contributed by atoms with E-state index >= 15 is 0 Å². The molecule has 29 heavy (non-hydrogen) atoms. The van der Waals surface area contributed by atoms with Gasteiger partial charge in [0.25, 0.3) is 5.91 Å². The summed E-state index contributed by atoms with van der Waals surface area (Å²) in [6.07, 6.45) is -0.852. The number of hydrogen-bond acceptors (Lipinski definition) is 5. The van der Waals surface area contributed by atoms with Crippen LogP contribution in [0, 0.1) is 6.92 Å². The monoisotopic (exact) mass is 389 g/mol. The number of esters is 1. The molecular weight excluding hydrogens is 370 g/mol. The molecule has 1 heterocycles. The molecule has 1 N–H and O–H groups in total. The summed E-state index contributed by atoms with van der Waals surface area (Å²) in [6.45, 7) is 2.06. The Hall–Kier alpha value is -3.80. The highest BCUT2D eigenvalue weighted by molar-refractivity contribution is 6.04. The van der Waals surface area contributed by atoms with E-state index < -0.39 is 12.1 Å². The van der Waals surface area contributed by atoms with Gasteiger partial charge < -0.3 is 19.5 Å². The Labute approximate surface area is 168 Å². The Morgan fingerprint density at radius 3 is 2.34 bits per heavy atom. The molecule has 0 aromatic heterocycles. The first-order valence-electron chi connectivity index (χ1n) is 9.17. The molecule has 1 atom stereocenters. The minimum absolute atomic E-state index is 0.0763. The summed E-state index contributed by atoms with van der Waals surface area (Å²) in [4.78, 5) is 24.7. The standard InChI is InChI=1S/C23H19NO5/c1-15-6-10-17(11-7-15)24-22(25)16-8-12-18(13-9-16)28-23(26)21-14-27-19-4-2-3-5-20(19)29-21/h2-13,21H,14H2,1H3,(H,24,25).